The van der Waals surface area contributed by atoms with Crippen molar-refractivity contribution in [1.29, 1.82) is 0 Å². The maximum Gasteiger partial charge on any atom is 0.222 e. The van der Waals surface area contributed by atoms with Gasteiger partial charge in [0.15, 0.2) is 0 Å². The largest absolute Gasteiger partial charge is 0.384 e. The van der Waals surface area contributed by atoms with Crippen LogP contribution in [-0.4, -0.2) is 9.97 Å². The first-order valence-corrected chi connectivity index (χ1v) is 4.31. The van der Waals surface area contributed by atoms with Gasteiger partial charge in [-0.3, -0.25) is 0 Å². The molecular weight excluding hydrogens is 195 g/mol. The van der Waals surface area contributed by atoms with Crippen LogP contribution in [-0.2, 0) is 0 Å². The Labute approximate surface area is 85.8 Å². The minimum absolute atomic E-state index is 0.152. The summed E-state index contributed by atoms with van der Waals surface area (Å²) in [5.41, 5.74) is 11.7. The van der Waals surface area contributed by atoms with Gasteiger partial charge in [-0.2, -0.15) is 4.39 Å². The Morgan fingerprint density at radius 3 is 2.33 bits per heavy atom. The summed E-state index contributed by atoms with van der Waals surface area (Å²) in [6.07, 6.45) is 1.49. The molecule has 0 spiro atoms. The van der Waals surface area contributed by atoms with Gasteiger partial charge in [0.05, 0.1) is 0 Å². The number of hydrogen-bond acceptors (Lipinski definition) is 4. The van der Waals surface area contributed by atoms with Crippen molar-refractivity contribution < 1.29 is 4.39 Å². The third-order valence-electron chi connectivity index (χ3n) is 1.97. The van der Waals surface area contributed by atoms with E-state index in [1.807, 2.05) is 0 Å². The molecule has 0 bridgehead atoms. The fourth-order valence-corrected chi connectivity index (χ4v) is 1.23. The van der Waals surface area contributed by atoms with Gasteiger partial charge < -0.3 is 11.5 Å². The molecule has 0 unspecified atom stereocenters. The van der Waals surface area contributed by atoms with E-state index >= 15 is 0 Å². The van der Waals surface area contributed by atoms with Crippen molar-refractivity contribution in [2.75, 3.05) is 11.5 Å². The standard InChI is InChI=1S/C10H9FN4/c11-10-7(2-4-9(13)15-10)6-1-3-8(12)14-5-6/h1-5H,(H2,12,14)(H2,13,15). The van der Waals surface area contributed by atoms with Crippen LogP contribution in [0.1, 0.15) is 0 Å². The molecule has 0 atom stereocenters. The minimum atomic E-state index is -0.610. The lowest BCUT2D eigenvalue weighted by Crippen LogP contribution is -1.96. The zero-order valence-electron chi connectivity index (χ0n) is 7.81. The Morgan fingerprint density at radius 2 is 1.73 bits per heavy atom. The van der Waals surface area contributed by atoms with Crippen LogP contribution < -0.4 is 11.5 Å². The Morgan fingerprint density at radius 1 is 1.00 bits per heavy atom. The fraction of sp³-hybridized carbons (Fsp3) is 0. The predicted octanol–water partition coefficient (Wildman–Crippen LogP) is 1.45. The Hall–Kier alpha value is -2.17. The van der Waals surface area contributed by atoms with Crippen LogP contribution in [0.4, 0.5) is 16.0 Å². The first-order valence-electron chi connectivity index (χ1n) is 4.31. The van der Waals surface area contributed by atoms with Gasteiger partial charge in [0, 0.05) is 17.3 Å². The summed E-state index contributed by atoms with van der Waals surface area (Å²) < 4.78 is 13.4. The van der Waals surface area contributed by atoms with Crippen molar-refractivity contribution in [3.05, 3.63) is 36.4 Å². The highest BCUT2D eigenvalue weighted by atomic mass is 19.1. The number of halogens is 1. The number of nitrogen functional groups attached to an aromatic ring is 2. The van der Waals surface area contributed by atoms with Crippen molar-refractivity contribution in [3.8, 4) is 11.1 Å². The summed E-state index contributed by atoms with van der Waals surface area (Å²) in [6.45, 7) is 0. The van der Waals surface area contributed by atoms with Gasteiger partial charge in [-0.25, -0.2) is 9.97 Å². The summed E-state index contributed by atoms with van der Waals surface area (Å²) in [5.74, 6) is -0.0659. The topological polar surface area (TPSA) is 77.8 Å². The highest BCUT2D eigenvalue weighted by Gasteiger charge is 2.06. The Kier molecular flexibility index (Phi) is 2.21. The third kappa shape index (κ3) is 1.85. The van der Waals surface area contributed by atoms with E-state index in [4.69, 9.17) is 11.5 Å². The van der Waals surface area contributed by atoms with E-state index in [1.54, 1.807) is 18.2 Å². The fourth-order valence-electron chi connectivity index (χ4n) is 1.23. The normalized spacial score (nSPS) is 10.2. The predicted molar refractivity (Wildman–Crippen MR) is 56.3 cm³/mol. The summed E-state index contributed by atoms with van der Waals surface area (Å²) >= 11 is 0. The molecule has 5 heteroatoms. The molecule has 2 aromatic heterocycles. The molecule has 0 aliphatic rings. The molecule has 0 radical (unpaired) electrons. The van der Waals surface area contributed by atoms with E-state index in [9.17, 15) is 4.39 Å². The van der Waals surface area contributed by atoms with Crippen LogP contribution in [0.3, 0.4) is 0 Å². The number of nitrogens with zero attached hydrogens (tertiary/aromatic N) is 2. The van der Waals surface area contributed by atoms with Crippen molar-refractivity contribution in [3.63, 3.8) is 0 Å². The van der Waals surface area contributed by atoms with E-state index in [-0.39, 0.29) is 5.82 Å². The molecule has 0 saturated carbocycles. The Balaban J connectivity index is 2.49. The van der Waals surface area contributed by atoms with Crippen LogP contribution in [0.25, 0.3) is 11.1 Å². The van der Waals surface area contributed by atoms with Gasteiger partial charge >= 0.3 is 0 Å². The maximum atomic E-state index is 13.4. The van der Waals surface area contributed by atoms with Crippen LogP contribution in [0.15, 0.2) is 30.5 Å². The van der Waals surface area contributed by atoms with Gasteiger partial charge in [0.25, 0.3) is 0 Å². The average Bonchev–Trinajstić information content (AvgIpc) is 2.20. The molecule has 0 aromatic carbocycles. The summed E-state index contributed by atoms with van der Waals surface area (Å²) in [6, 6.07) is 6.38. The van der Waals surface area contributed by atoms with Crippen LogP contribution in [0.5, 0.6) is 0 Å². The first kappa shape index (κ1) is 9.39. The maximum absolute atomic E-state index is 13.4. The van der Waals surface area contributed by atoms with Crippen LogP contribution in [0.2, 0.25) is 0 Å². The zero-order valence-corrected chi connectivity index (χ0v) is 7.81. The van der Waals surface area contributed by atoms with E-state index in [0.717, 1.165) is 0 Å². The van der Waals surface area contributed by atoms with Crippen molar-refractivity contribution in [2.45, 2.75) is 0 Å². The summed E-state index contributed by atoms with van der Waals surface area (Å²) in [4.78, 5) is 7.40. The molecule has 4 N–H and O–H groups in total. The third-order valence-corrected chi connectivity index (χ3v) is 1.97. The summed E-state index contributed by atoms with van der Waals surface area (Å²) in [7, 11) is 0. The summed E-state index contributed by atoms with van der Waals surface area (Å²) in [5, 5.41) is 0. The number of nitrogens with two attached hydrogens (primary N) is 2. The first-order chi connectivity index (χ1) is 7.16. The second kappa shape index (κ2) is 3.53. The van der Waals surface area contributed by atoms with Crippen LogP contribution >= 0.6 is 0 Å². The highest BCUT2D eigenvalue weighted by molar-refractivity contribution is 5.64. The van der Waals surface area contributed by atoms with Crippen molar-refractivity contribution >= 4 is 11.6 Å². The molecule has 0 aliphatic heterocycles. The molecular formula is C10H9FN4. The number of aromatic nitrogens is 2. The lowest BCUT2D eigenvalue weighted by molar-refractivity contribution is 0.589. The lowest BCUT2D eigenvalue weighted by atomic mass is 10.1. The van der Waals surface area contributed by atoms with Gasteiger partial charge in [-0.05, 0) is 24.3 Å². The molecule has 2 rings (SSSR count). The van der Waals surface area contributed by atoms with Gasteiger partial charge in [0.2, 0.25) is 5.95 Å². The molecule has 2 heterocycles. The lowest BCUT2D eigenvalue weighted by Gasteiger charge is -2.03. The van der Waals surface area contributed by atoms with E-state index < -0.39 is 5.95 Å². The van der Waals surface area contributed by atoms with E-state index in [2.05, 4.69) is 9.97 Å². The molecule has 76 valence electrons. The SMILES string of the molecule is Nc1ccc(-c2ccc(N)nc2F)cn1. The number of rotatable bonds is 1. The number of anilines is 2. The van der Waals surface area contributed by atoms with Gasteiger partial charge in [0.1, 0.15) is 11.6 Å². The number of pyridine rings is 2. The molecule has 0 aliphatic carbocycles. The van der Waals surface area contributed by atoms with Crippen LogP contribution in [0, 0.1) is 5.95 Å². The van der Waals surface area contributed by atoms with Crippen molar-refractivity contribution in [2.24, 2.45) is 0 Å². The molecule has 0 fully saturated rings. The molecule has 2 aromatic rings. The second-order valence-corrected chi connectivity index (χ2v) is 3.05. The van der Waals surface area contributed by atoms with Crippen molar-refractivity contribution in [1.82, 2.24) is 9.97 Å². The van der Waals surface area contributed by atoms with E-state index in [1.165, 1.54) is 12.3 Å². The second-order valence-electron chi connectivity index (χ2n) is 3.05. The molecule has 0 amide bonds. The monoisotopic (exact) mass is 204 g/mol. The highest BCUT2D eigenvalue weighted by Crippen LogP contribution is 2.21. The molecule has 15 heavy (non-hydrogen) atoms. The minimum Gasteiger partial charge on any atom is -0.384 e. The Bertz CT molecular complexity index is 481. The average molecular weight is 204 g/mol. The number of hydrogen-bond donors (Lipinski definition) is 2. The van der Waals surface area contributed by atoms with E-state index in [0.29, 0.717) is 16.9 Å². The molecule has 0 saturated heterocycles. The van der Waals surface area contributed by atoms with Gasteiger partial charge in [-0.15, -0.1) is 0 Å². The van der Waals surface area contributed by atoms with Gasteiger partial charge in [-0.1, -0.05) is 0 Å². The quantitative estimate of drug-likeness (QED) is 0.689. The molecule has 4 nitrogen and oxygen atoms in total. The smallest absolute Gasteiger partial charge is 0.222 e. The zero-order chi connectivity index (χ0) is 10.8.